The van der Waals surface area contributed by atoms with Crippen LogP contribution in [-0.4, -0.2) is 55.3 Å². The minimum atomic E-state index is -0.392. The lowest BCUT2D eigenvalue weighted by atomic mass is 10.1. The molecule has 8 heteroatoms. The van der Waals surface area contributed by atoms with Gasteiger partial charge >= 0.3 is 0 Å². The van der Waals surface area contributed by atoms with Crippen LogP contribution in [0.4, 0.5) is 0 Å². The molecule has 2 aromatic rings. The molecule has 0 atom stereocenters. The molecule has 0 unspecified atom stereocenters. The maximum Gasteiger partial charge on any atom is 0.261 e. The minimum absolute atomic E-state index is 0.149. The molecule has 162 valence electrons. The van der Waals surface area contributed by atoms with Crippen molar-refractivity contribution in [1.82, 2.24) is 15.5 Å². The summed E-state index contributed by atoms with van der Waals surface area (Å²) in [5, 5.41) is 5.42. The molecule has 4 amide bonds. The van der Waals surface area contributed by atoms with Gasteiger partial charge in [0.25, 0.3) is 23.6 Å². The molecule has 2 N–H and O–H groups in total. The predicted octanol–water partition coefficient (Wildman–Crippen LogP) is 2.11. The summed E-state index contributed by atoms with van der Waals surface area (Å²) in [7, 11) is 1.49. The molecule has 31 heavy (non-hydrogen) atoms. The monoisotopic (exact) mass is 423 g/mol. The van der Waals surface area contributed by atoms with Crippen LogP contribution in [0.3, 0.4) is 0 Å². The standard InChI is InChI=1S/C23H25N3O5/c1-14(2)13-26-22(29)16-9-8-15(12-18(16)23(26)30)20(27)24-10-11-25-21(28)17-6-4-5-7-19(17)31-3/h4-9,12,14H,10-11,13H2,1-3H3,(H,24,27)(H,25,28). The fourth-order valence-corrected chi connectivity index (χ4v) is 3.34. The number of rotatable bonds is 8. The molecule has 0 aliphatic carbocycles. The van der Waals surface area contributed by atoms with Gasteiger partial charge < -0.3 is 15.4 Å². The molecule has 1 aliphatic heterocycles. The third-order valence-corrected chi connectivity index (χ3v) is 4.83. The molecule has 0 aromatic heterocycles. The first-order valence-electron chi connectivity index (χ1n) is 10.0. The Morgan fingerprint density at radius 2 is 1.58 bits per heavy atom. The Kier molecular flexibility index (Phi) is 6.69. The predicted molar refractivity (Wildman–Crippen MR) is 114 cm³/mol. The van der Waals surface area contributed by atoms with Crippen LogP contribution in [0.15, 0.2) is 42.5 Å². The SMILES string of the molecule is COc1ccccc1C(=O)NCCNC(=O)c1ccc2c(c1)C(=O)N(CC(C)C)C2=O. The quantitative estimate of drug-likeness (QED) is 0.500. The smallest absolute Gasteiger partial charge is 0.261 e. The van der Waals surface area contributed by atoms with Crippen molar-refractivity contribution in [1.29, 1.82) is 0 Å². The summed E-state index contributed by atoms with van der Waals surface area (Å²) in [4.78, 5) is 50.9. The van der Waals surface area contributed by atoms with Gasteiger partial charge in [0.15, 0.2) is 0 Å². The highest BCUT2D eigenvalue weighted by atomic mass is 16.5. The average molecular weight is 423 g/mol. The van der Waals surface area contributed by atoms with E-state index >= 15 is 0 Å². The Hall–Kier alpha value is -3.68. The zero-order chi connectivity index (χ0) is 22.5. The van der Waals surface area contributed by atoms with Gasteiger partial charge in [0.2, 0.25) is 0 Å². The van der Waals surface area contributed by atoms with Crippen LogP contribution in [0.1, 0.15) is 55.3 Å². The Morgan fingerprint density at radius 3 is 2.26 bits per heavy atom. The molecule has 0 saturated heterocycles. The maximum atomic E-state index is 12.6. The first-order valence-corrected chi connectivity index (χ1v) is 10.0. The Balaban J connectivity index is 1.57. The van der Waals surface area contributed by atoms with Crippen molar-refractivity contribution < 1.29 is 23.9 Å². The third kappa shape index (κ3) is 4.74. The summed E-state index contributed by atoms with van der Waals surface area (Å²) >= 11 is 0. The highest BCUT2D eigenvalue weighted by molar-refractivity contribution is 6.22. The van der Waals surface area contributed by atoms with Crippen LogP contribution in [-0.2, 0) is 0 Å². The van der Waals surface area contributed by atoms with Crippen molar-refractivity contribution in [2.75, 3.05) is 26.7 Å². The number of carbonyl (C=O) groups is 4. The summed E-state index contributed by atoms with van der Waals surface area (Å²) in [5.74, 6) is -0.799. The number of benzene rings is 2. The van der Waals surface area contributed by atoms with Crippen LogP contribution in [0.25, 0.3) is 0 Å². The number of hydrogen-bond acceptors (Lipinski definition) is 5. The van der Waals surface area contributed by atoms with Crippen molar-refractivity contribution in [2.45, 2.75) is 13.8 Å². The van der Waals surface area contributed by atoms with Gasteiger partial charge in [-0.05, 0) is 36.2 Å². The molecule has 1 heterocycles. The number of para-hydroxylation sites is 1. The molecule has 0 radical (unpaired) electrons. The molecule has 8 nitrogen and oxygen atoms in total. The number of amides is 4. The van der Waals surface area contributed by atoms with E-state index in [-0.39, 0.29) is 47.9 Å². The highest BCUT2D eigenvalue weighted by Crippen LogP contribution is 2.25. The number of fused-ring (bicyclic) bond motifs is 1. The number of imide groups is 1. The molecule has 1 aliphatic rings. The zero-order valence-electron chi connectivity index (χ0n) is 17.7. The van der Waals surface area contributed by atoms with Gasteiger partial charge in [0, 0.05) is 25.2 Å². The van der Waals surface area contributed by atoms with Crippen LogP contribution >= 0.6 is 0 Å². The number of hydrogen-bond donors (Lipinski definition) is 2. The molecule has 0 spiro atoms. The highest BCUT2D eigenvalue weighted by Gasteiger charge is 2.36. The third-order valence-electron chi connectivity index (χ3n) is 4.83. The summed E-state index contributed by atoms with van der Waals surface area (Å²) in [5.41, 5.74) is 1.24. The minimum Gasteiger partial charge on any atom is -0.496 e. The fraction of sp³-hybridized carbons (Fsp3) is 0.304. The fourth-order valence-electron chi connectivity index (χ4n) is 3.34. The molecular formula is C23H25N3O5. The van der Waals surface area contributed by atoms with E-state index in [0.29, 0.717) is 23.4 Å². The molecule has 0 fully saturated rings. The lowest BCUT2D eigenvalue weighted by Gasteiger charge is -2.15. The van der Waals surface area contributed by atoms with E-state index in [2.05, 4.69) is 10.6 Å². The first kappa shape index (κ1) is 22.0. The van der Waals surface area contributed by atoms with Crippen LogP contribution in [0.5, 0.6) is 5.75 Å². The van der Waals surface area contributed by atoms with Gasteiger partial charge in [0.05, 0.1) is 23.8 Å². The lowest BCUT2D eigenvalue weighted by molar-refractivity contribution is 0.0635. The number of methoxy groups -OCH3 is 1. The maximum absolute atomic E-state index is 12.6. The molecular weight excluding hydrogens is 398 g/mol. The summed E-state index contributed by atoms with van der Waals surface area (Å²) in [6, 6.07) is 11.3. The van der Waals surface area contributed by atoms with Gasteiger partial charge in [-0.25, -0.2) is 0 Å². The molecule has 0 bridgehead atoms. The largest absolute Gasteiger partial charge is 0.496 e. The van der Waals surface area contributed by atoms with E-state index in [1.54, 1.807) is 24.3 Å². The second-order valence-corrected chi connectivity index (χ2v) is 7.59. The van der Waals surface area contributed by atoms with E-state index in [1.165, 1.54) is 30.2 Å². The van der Waals surface area contributed by atoms with E-state index in [4.69, 9.17) is 4.74 Å². The normalized spacial score (nSPS) is 12.7. The Bertz CT molecular complexity index is 1030. The van der Waals surface area contributed by atoms with Crippen molar-refractivity contribution in [3.63, 3.8) is 0 Å². The number of ether oxygens (including phenoxy) is 1. The van der Waals surface area contributed by atoms with Crippen molar-refractivity contribution in [2.24, 2.45) is 5.92 Å². The van der Waals surface area contributed by atoms with Crippen LogP contribution in [0.2, 0.25) is 0 Å². The Labute approximate surface area is 180 Å². The zero-order valence-corrected chi connectivity index (χ0v) is 17.7. The number of nitrogens with zero attached hydrogens (tertiary/aromatic N) is 1. The van der Waals surface area contributed by atoms with Crippen molar-refractivity contribution in [3.8, 4) is 5.75 Å². The molecule has 2 aromatic carbocycles. The molecule has 3 rings (SSSR count). The second-order valence-electron chi connectivity index (χ2n) is 7.59. The van der Waals surface area contributed by atoms with Gasteiger partial charge in [-0.15, -0.1) is 0 Å². The topological polar surface area (TPSA) is 105 Å². The second kappa shape index (κ2) is 9.42. The first-order chi connectivity index (χ1) is 14.8. The average Bonchev–Trinajstić information content (AvgIpc) is 3.00. The van der Waals surface area contributed by atoms with Gasteiger partial charge in [-0.1, -0.05) is 26.0 Å². The van der Waals surface area contributed by atoms with Gasteiger partial charge in [0.1, 0.15) is 5.75 Å². The molecule has 0 saturated carbocycles. The number of carbonyl (C=O) groups excluding carboxylic acids is 4. The van der Waals surface area contributed by atoms with E-state index < -0.39 is 5.91 Å². The van der Waals surface area contributed by atoms with E-state index in [9.17, 15) is 19.2 Å². The van der Waals surface area contributed by atoms with Crippen molar-refractivity contribution >= 4 is 23.6 Å². The summed E-state index contributed by atoms with van der Waals surface area (Å²) in [6.45, 7) is 4.60. The summed E-state index contributed by atoms with van der Waals surface area (Å²) in [6.07, 6.45) is 0. The van der Waals surface area contributed by atoms with Gasteiger partial charge in [-0.2, -0.15) is 0 Å². The van der Waals surface area contributed by atoms with Gasteiger partial charge in [-0.3, -0.25) is 24.1 Å². The Morgan fingerprint density at radius 1 is 0.935 bits per heavy atom. The lowest BCUT2D eigenvalue weighted by Crippen LogP contribution is -2.35. The van der Waals surface area contributed by atoms with E-state index in [0.717, 1.165) is 0 Å². The van der Waals surface area contributed by atoms with E-state index in [1.807, 2.05) is 13.8 Å². The van der Waals surface area contributed by atoms with Crippen molar-refractivity contribution in [3.05, 3.63) is 64.7 Å². The van der Waals surface area contributed by atoms with Crippen LogP contribution in [0, 0.1) is 5.92 Å². The van der Waals surface area contributed by atoms with Crippen LogP contribution < -0.4 is 15.4 Å². The summed E-state index contributed by atoms with van der Waals surface area (Å²) < 4.78 is 5.16. The number of nitrogens with one attached hydrogen (secondary N) is 2.